The molecule has 2 rings (SSSR count). The van der Waals surface area contributed by atoms with Crippen LogP contribution in [0.25, 0.3) is 0 Å². The lowest BCUT2D eigenvalue weighted by molar-refractivity contribution is 0.0695. The van der Waals surface area contributed by atoms with Gasteiger partial charge in [-0.05, 0) is 18.8 Å². The number of aromatic nitrogens is 2. The zero-order valence-electron chi connectivity index (χ0n) is 11.2. The first kappa shape index (κ1) is 12.8. The van der Waals surface area contributed by atoms with Crippen LogP contribution in [0, 0.1) is 5.92 Å². The molecule has 0 aromatic carbocycles. The Labute approximate surface area is 108 Å². The number of carbonyl (C=O) groups is 1. The fraction of sp³-hybridized carbons (Fsp3) is 0.615. The molecular formula is C13H20N4O. The van der Waals surface area contributed by atoms with Gasteiger partial charge in [0, 0.05) is 19.6 Å². The highest BCUT2D eigenvalue weighted by atomic mass is 16.2. The van der Waals surface area contributed by atoms with Crippen LogP contribution < -0.4 is 5.32 Å². The Bertz CT molecular complexity index is 433. The van der Waals surface area contributed by atoms with Crippen molar-refractivity contribution in [3.8, 4) is 0 Å². The lowest BCUT2D eigenvalue weighted by Gasteiger charge is -2.27. The van der Waals surface area contributed by atoms with Crippen LogP contribution in [0.3, 0.4) is 0 Å². The van der Waals surface area contributed by atoms with E-state index in [9.17, 15) is 4.79 Å². The standard InChI is InChI=1S/C13H20N4O/c1-9(2)11-5-4-6-17(11)13(18)10-7-15-8-12(14-3)16-10/h7-9,11H,4-6H2,1-3H3,(H,14,16). The van der Waals surface area contributed by atoms with Gasteiger partial charge in [-0.2, -0.15) is 0 Å². The largest absolute Gasteiger partial charge is 0.372 e. The Morgan fingerprint density at radius 2 is 2.28 bits per heavy atom. The van der Waals surface area contributed by atoms with Crippen molar-refractivity contribution in [2.75, 3.05) is 18.9 Å². The van der Waals surface area contributed by atoms with Gasteiger partial charge in [-0.15, -0.1) is 0 Å². The predicted molar refractivity (Wildman–Crippen MR) is 70.5 cm³/mol. The van der Waals surface area contributed by atoms with Gasteiger partial charge in [0.15, 0.2) is 0 Å². The van der Waals surface area contributed by atoms with Crippen LogP contribution in [0.15, 0.2) is 12.4 Å². The molecule has 1 aliphatic rings. The molecule has 1 atom stereocenters. The van der Waals surface area contributed by atoms with E-state index in [1.54, 1.807) is 19.4 Å². The molecule has 0 radical (unpaired) electrons. The molecule has 1 fully saturated rings. The maximum atomic E-state index is 12.4. The van der Waals surface area contributed by atoms with E-state index in [0.717, 1.165) is 19.4 Å². The normalized spacial score (nSPS) is 19.3. The van der Waals surface area contributed by atoms with E-state index in [2.05, 4.69) is 29.1 Å². The fourth-order valence-corrected chi connectivity index (χ4v) is 2.47. The van der Waals surface area contributed by atoms with Crippen molar-refractivity contribution in [2.24, 2.45) is 5.92 Å². The van der Waals surface area contributed by atoms with Gasteiger partial charge in [0.05, 0.1) is 12.4 Å². The summed E-state index contributed by atoms with van der Waals surface area (Å²) in [6.07, 6.45) is 5.32. The third kappa shape index (κ3) is 2.44. The molecular weight excluding hydrogens is 228 g/mol. The van der Waals surface area contributed by atoms with Crippen LogP contribution in [0.2, 0.25) is 0 Å². The van der Waals surface area contributed by atoms with E-state index >= 15 is 0 Å². The van der Waals surface area contributed by atoms with Crippen molar-refractivity contribution in [1.29, 1.82) is 0 Å². The maximum Gasteiger partial charge on any atom is 0.274 e. The van der Waals surface area contributed by atoms with Crippen LogP contribution in [-0.2, 0) is 0 Å². The molecule has 1 aliphatic heterocycles. The second-order valence-electron chi connectivity index (χ2n) is 4.99. The zero-order valence-corrected chi connectivity index (χ0v) is 11.2. The molecule has 0 bridgehead atoms. The van der Waals surface area contributed by atoms with E-state index in [-0.39, 0.29) is 5.91 Å². The van der Waals surface area contributed by atoms with E-state index in [4.69, 9.17) is 0 Å². The topological polar surface area (TPSA) is 58.1 Å². The molecule has 0 spiro atoms. The molecule has 0 saturated carbocycles. The highest BCUT2D eigenvalue weighted by Crippen LogP contribution is 2.25. The van der Waals surface area contributed by atoms with Gasteiger partial charge in [0.25, 0.3) is 5.91 Å². The van der Waals surface area contributed by atoms with Crippen molar-refractivity contribution in [1.82, 2.24) is 14.9 Å². The number of amides is 1. The lowest BCUT2D eigenvalue weighted by Crippen LogP contribution is -2.39. The Kier molecular flexibility index (Phi) is 3.79. The van der Waals surface area contributed by atoms with Crippen molar-refractivity contribution >= 4 is 11.7 Å². The maximum absolute atomic E-state index is 12.4. The molecule has 18 heavy (non-hydrogen) atoms. The molecule has 1 aromatic heterocycles. The number of likely N-dealkylation sites (tertiary alicyclic amines) is 1. The average molecular weight is 248 g/mol. The first-order valence-corrected chi connectivity index (χ1v) is 6.44. The highest BCUT2D eigenvalue weighted by Gasteiger charge is 2.32. The second kappa shape index (κ2) is 5.33. The smallest absolute Gasteiger partial charge is 0.274 e. The minimum atomic E-state index is -0.00389. The van der Waals surface area contributed by atoms with Gasteiger partial charge in [0.2, 0.25) is 0 Å². The highest BCUT2D eigenvalue weighted by molar-refractivity contribution is 5.92. The molecule has 1 saturated heterocycles. The van der Waals surface area contributed by atoms with E-state index < -0.39 is 0 Å². The summed E-state index contributed by atoms with van der Waals surface area (Å²) in [5, 5.41) is 2.90. The second-order valence-corrected chi connectivity index (χ2v) is 4.99. The molecule has 5 heteroatoms. The number of anilines is 1. The first-order valence-electron chi connectivity index (χ1n) is 6.44. The van der Waals surface area contributed by atoms with Gasteiger partial charge >= 0.3 is 0 Å². The number of hydrogen-bond acceptors (Lipinski definition) is 4. The summed E-state index contributed by atoms with van der Waals surface area (Å²) in [6, 6.07) is 0.331. The third-order valence-corrected chi connectivity index (χ3v) is 3.44. The van der Waals surface area contributed by atoms with Crippen LogP contribution in [-0.4, -0.2) is 40.4 Å². The van der Waals surface area contributed by atoms with Gasteiger partial charge in [-0.1, -0.05) is 13.8 Å². The van der Waals surface area contributed by atoms with Crippen LogP contribution in [0.5, 0.6) is 0 Å². The van der Waals surface area contributed by atoms with Gasteiger partial charge in [-0.25, -0.2) is 4.98 Å². The van der Waals surface area contributed by atoms with Crippen molar-refractivity contribution in [2.45, 2.75) is 32.7 Å². The Balaban J connectivity index is 2.19. The molecule has 1 aromatic rings. The number of hydrogen-bond donors (Lipinski definition) is 1. The van der Waals surface area contributed by atoms with E-state index in [0.29, 0.717) is 23.5 Å². The van der Waals surface area contributed by atoms with Crippen molar-refractivity contribution in [3.63, 3.8) is 0 Å². The predicted octanol–water partition coefficient (Wildman–Crippen LogP) is 1.78. The zero-order chi connectivity index (χ0) is 13.1. The monoisotopic (exact) mass is 248 g/mol. The molecule has 2 heterocycles. The lowest BCUT2D eigenvalue weighted by atomic mass is 10.0. The molecule has 5 nitrogen and oxygen atoms in total. The van der Waals surface area contributed by atoms with Gasteiger partial charge < -0.3 is 10.2 Å². The first-order chi connectivity index (χ1) is 8.63. The number of nitrogens with zero attached hydrogens (tertiary/aromatic N) is 3. The third-order valence-electron chi connectivity index (χ3n) is 3.44. The SMILES string of the molecule is CNc1cncc(C(=O)N2CCCC2C(C)C)n1. The summed E-state index contributed by atoms with van der Waals surface area (Å²) in [7, 11) is 1.77. The molecule has 1 unspecified atom stereocenters. The summed E-state index contributed by atoms with van der Waals surface area (Å²) in [4.78, 5) is 22.7. The molecule has 1 amide bonds. The van der Waals surface area contributed by atoms with Crippen LogP contribution in [0.4, 0.5) is 5.82 Å². The van der Waals surface area contributed by atoms with E-state index in [1.165, 1.54) is 0 Å². The van der Waals surface area contributed by atoms with Crippen LogP contribution in [0.1, 0.15) is 37.2 Å². The van der Waals surface area contributed by atoms with E-state index in [1.807, 2.05) is 4.90 Å². The Morgan fingerprint density at radius 1 is 1.50 bits per heavy atom. The van der Waals surface area contributed by atoms with Crippen LogP contribution >= 0.6 is 0 Å². The quantitative estimate of drug-likeness (QED) is 0.885. The summed E-state index contributed by atoms with van der Waals surface area (Å²) in [5.74, 6) is 1.11. The molecule has 1 N–H and O–H groups in total. The van der Waals surface area contributed by atoms with Gasteiger partial charge in [-0.3, -0.25) is 9.78 Å². The number of carbonyl (C=O) groups excluding carboxylic acids is 1. The fourth-order valence-electron chi connectivity index (χ4n) is 2.47. The molecule has 98 valence electrons. The summed E-state index contributed by atoms with van der Waals surface area (Å²) in [6.45, 7) is 5.14. The number of rotatable bonds is 3. The Morgan fingerprint density at radius 3 is 2.94 bits per heavy atom. The Hall–Kier alpha value is -1.65. The number of nitrogens with one attached hydrogen (secondary N) is 1. The summed E-state index contributed by atoms with van der Waals surface area (Å²) < 4.78 is 0. The minimum absolute atomic E-state index is 0.00389. The average Bonchev–Trinajstić information content (AvgIpc) is 2.87. The molecule has 0 aliphatic carbocycles. The minimum Gasteiger partial charge on any atom is -0.372 e. The van der Waals surface area contributed by atoms with Gasteiger partial charge in [0.1, 0.15) is 11.5 Å². The summed E-state index contributed by atoms with van der Waals surface area (Å²) in [5.41, 5.74) is 0.425. The van der Waals surface area contributed by atoms with Crippen molar-refractivity contribution in [3.05, 3.63) is 18.1 Å². The summed E-state index contributed by atoms with van der Waals surface area (Å²) >= 11 is 0. The van der Waals surface area contributed by atoms with Crippen molar-refractivity contribution < 1.29 is 4.79 Å².